The Bertz CT molecular complexity index is 814. The molecule has 1 heterocycles. The predicted molar refractivity (Wildman–Crippen MR) is 99.7 cm³/mol. The molecule has 3 rings (SSSR count). The lowest BCUT2D eigenvalue weighted by Crippen LogP contribution is -2.26. The third-order valence-electron chi connectivity index (χ3n) is 3.99. The molecule has 1 N–H and O–H groups in total. The number of rotatable bonds is 6. The summed E-state index contributed by atoms with van der Waals surface area (Å²) in [6.07, 6.45) is 5.23. The quantitative estimate of drug-likeness (QED) is 0.689. The van der Waals surface area contributed by atoms with Gasteiger partial charge in [0.25, 0.3) is 5.91 Å². The minimum atomic E-state index is -0.0752. The van der Waals surface area contributed by atoms with E-state index in [2.05, 4.69) is 39.7 Å². The summed E-state index contributed by atoms with van der Waals surface area (Å²) in [7, 11) is 0. The standard InChI is InChI=1S/C19H20N4OS/c1-14(16-7-9-18(25-2)10-8-16)22-19(24)17-5-3-15(4-6-17)11-23-13-20-12-21-23/h3-10,12-14H,11H2,1-2H3,(H,22,24). The Labute approximate surface area is 151 Å². The summed E-state index contributed by atoms with van der Waals surface area (Å²) >= 11 is 1.70. The van der Waals surface area contributed by atoms with E-state index < -0.39 is 0 Å². The molecular weight excluding hydrogens is 332 g/mol. The number of nitrogens with zero attached hydrogens (tertiary/aromatic N) is 3. The summed E-state index contributed by atoms with van der Waals surface area (Å²) in [6, 6.07) is 15.8. The van der Waals surface area contributed by atoms with E-state index in [1.54, 1.807) is 22.8 Å². The average molecular weight is 352 g/mol. The Hall–Kier alpha value is -2.60. The lowest BCUT2D eigenvalue weighted by Gasteiger charge is -2.15. The first-order valence-corrected chi connectivity index (χ1v) is 9.24. The molecule has 2 aromatic carbocycles. The number of aromatic nitrogens is 3. The molecular formula is C19H20N4OS. The van der Waals surface area contributed by atoms with Crippen molar-refractivity contribution in [2.75, 3.05) is 6.26 Å². The third-order valence-corrected chi connectivity index (χ3v) is 4.73. The fraction of sp³-hybridized carbons (Fsp3) is 0.211. The summed E-state index contributed by atoms with van der Waals surface area (Å²) in [5.41, 5.74) is 2.81. The van der Waals surface area contributed by atoms with Crippen molar-refractivity contribution >= 4 is 17.7 Å². The van der Waals surface area contributed by atoms with Crippen molar-refractivity contribution in [1.29, 1.82) is 0 Å². The molecule has 0 aliphatic carbocycles. The zero-order valence-electron chi connectivity index (χ0n) is 14.2. The van der Waals surface area contributed by atoms with E-state index in [1.807, 2.05) is 37.4 Å². The van der Waals surface area contributed by atoms with Gasteiger partial charge in [-0.1, -0.05) is 24.3 Å². The lowest BCUT2D eigenvalue weighted by atomic mass is 10.1. The monoisotopic (exact) mass is 352 g/mol. The van der Waals surface area contributed by atoms with Crippen LogP contribution in [0, 0.1) is 0 Å². The predicted octanol–water partition coefficient (Wildman–Crippen LogP) is 3.54. The van der Waals surface area contributed by atoms with Gasteiger partial charge in [-0.05, 0) is 48.6 Å². The zero-order valence-corrected chi connectivity index (χ0v) is 15.0. The first kappa shape index (κ1) is 17.2. The van der Waals surface area contributed by atoms with Gasteiger partial charge in [0.15, 0.2) is 0 Å². The van der Waals surface area contributed by atoms with Crippen LogP contribution in [-0.4, -0.2) is 26.9 Å². The molecule has 0 radical (unpaired) electrons. The zero-order chi connectivity index (χ0) is 17.6. The Balaban J connectivity index is 1.61. The highest BCUT2D eigenvalue weighted by Gasteiger charge is 2.11. The number of benzene rings is 2. The highest BCUT2D eigenvalue weighted by Crippen LogP contribution is 2.19. The van der Waals surface area contributed by atoms with Crippen molar-refractivity contribution in [3.05, 3.63) is 77.9 Å². The molecule has 0 spiro atoms. The van der Waals surface area contributed by atoms with Gasteiger partial charge < -0.3 is 5.32 Å². The summed E-state index contributed by atoms with van der Waals surface area (Å²) in [5, 5.41) is 7.12. The van der Waals surface area contributed by atoms with Crippen molar-refractivity contribution in [1.82, 2.24) is 20.1 Å². The summed E-state index contributed by atoms with van der Waals surface area (Å²) in [4.78, 5) is 17.6. The molecule has 0 aliphatic heterocycles. The van der Waals surface area contributed by atoms with E-state index in [1.165, 1.54) is 11.2 Å². The number of amides is 1. The van der Waals surface area contributed by atoms with Gasteiger partial charge in [-0.3, -0.25) is 4.79 Å². The van der Waals surface area contributed by atoms with Gasteiger partial charge in [-0.15, -0.1) is 11.8 Å². The van der Waals surface area contributed by atoms with E-state index in [0.717, 1.165) is 11.1 Å². The highest BCUT2D eigenvalue weighted by molar-refractivity contribution is 7.98. The molecule has 1 amide bonds. The SMILES string of the molecule is CSc1ccc(C(C)NC(=O)c2ccc(Cn3cncn3)cc2)cc1. The molecule has 128 valence electrons. The molecule has 25 heavy (non-hydrogen) atoms. The van der Waals surface area contributed by atoms with Gasteiger partial charge in [0, 0.05) is 10.5 Å². The minimum absolute atomic E-state index is 0.0433. The Morgan fingerprint density at radius 3 is 2.48 bits per heavy atom. The normalized spacial score (nSPS) is 11.9. The first-order valence-electron chi connectivity index (χ1n) is 8.02. The molecule has 0 saturated heterocycles. The van der Waals surface area contributed by atoms with Crippen LogP contribution in [0.4, 0.5) is 0 Å². The fourth-order valence-corrected chi connectivity index (χ4v) is 2.93. The van der Waals surface area contributed by atoms with Crippen LogP contribution in [0.3, 0.4) is 0 Å². The lowest BCUT2D eigenvalue weighted by molar-refractivity contribution is 0.0940. The number of carbonyl (C=O) groups excluding carboxylic acids is 1. The summed E-state index contributed by atoms with van der Waals surface area (Å²) in [6.45, 7) is 2.63. The number of hydrogen-bond donors (Lipinski definition) is 1. The van der Waals surface area contributed by atoms with Crippen LogP contribution in [0.5, 0.6) is 0 Å². The molecule has 1 aromatic heterocycles. The molecule has 0 saturated carbocycles. The van der Waals surface area contributed by atoms with E-state index in [0.29, 0.717) is 12.1 Å². The van der Waals surface area contributed by atoms with Gasteiger partial charge in [-0.25, -0.2) is 9.67 Å². The van der Waals surface area contributed by atoms with E-state index in [4.69, 9.17) is 0 Å². The first-order chi connectivity index (χ1) is 12.2. The van der Waals surface area contributed by atoms with Crippen molar-refractivity contribution in [3.8, 4) is 0 Å². The second kappa shape index (κ2) is 7.98. The number of thioether (sulfide) groups is 1. The van der Waals surface area contributed by atoms with Gasteiger partial charge >= 0.3 is 0 Å². The van der Waals surface area contributed by atoms with Crippen LogP contribution in [0.25, 0.3) is 0 Å². The van der Waals surface area contributed by atoms with Crippen LogP contribution < -0.4 is 5.32 Å². The molecule has 1 atom stereocenters. The van der Waals surface area contributed by atoms with Crippen molar-refractivity contribution in [3.63, 3.8) is 0 Å². The smallest absolute Gasteiger partial charge is 0.251 e. The maximum Gasteiger partial charge on any atom is 0.251 e. The molecule has 1 unspecified atom stereocenters. The van der Waals surface area contributed by atoms with Crippen LogP contribution in [0.15, 0.2) is 66.1 Å². The largest absolute Gasteiger partial charge is 0.346 e. The summed E-state index contributed by atoms with van der Waals surface area (Å²) in [5.74, 6) is -0.0752. The van der Waals surface area contributed by atoms with E-state index >= 15 is 0 Å². The average Bonchev–Trinajstić information content (AvgIpc) is 3.15. The van der Waals surface area contributed by atoms with Crippen molar-refractivity contribution < 1.29 is 4.79 Å². The maximum absolute atomic E-state index is 12.4. The summed E-state index contributed by atoms with van der Waals surface area (Å²) < 4.78 is 1.75. The Kier molecular flexibility index (Phi) is 5.50. The fourth-order valence-electron chi connectivity index (χ4n) is 2.52. The van der Waals surface area contributed by atoms with E-state index in [9.17, 15) is 4.79 Å². The number of carbonyl (C=O) groups is 1. The maximum atomic E-state index is 12.4. The van der Waals surface area contributed by atoms with Gasteiger partial charge in [0.05, 0.1) is 12.6 Å². The molecule has 0 bridgehead atoms. The van der Waals surface area contributed by atoms with Gasteiger partial charge in [-0.2, -0.15) is 5.10 Å². The topological polar surface area (TPSA) is 59.8 Å². The van der Waals surface area contributed by atoms with Crippen molar-refractivity contribution in [2.45, 2.75) is 24.4 Å². The second-order valence-electron chi connectivity index (χ2n) is 5.76. The third kappa shape index (κ3) is 4.48. The van der Waals surface area contributed by atoms with Crippen LogP contribution in [-0.2, 0) is 6.54 Å². The minimum Gasteiger partial charge on any atom is -0.346 e. The van der Waals surface area contributed by atoms with Gasteiger partial charge in [0.1, 0.15) is 12.7 Å². The highest BCUT2D eigenvalue weighted by atomic mass is 32.2. The number of nitrogens with one attached hydrogen (secondary N) is 1. The van der Waals surface area contributed by atoms with Gasteiger partial charge in [0.2, 0.25) is 0 Å². The molecule has 6 heteroatoms. The van der Waals surface area contributed by atoms with Crippen LogP contribution in [0.2, 0.25) is 0 Å². The Morgan fingerprint density at radius 1 is 1.16 bits per heavy atom. The van der Waals surface area contributed by atoms with E-state index in [-0.39, 0.29) is 11.9 Å². The second-order valence-corrected chi connectivity index (χ2v) is 6.64. The molecule has 3 aromatic rings. The molecule has 0 fully saturated rings. The molecule has 5 nitrogen and oxygen atoms in total. The number of hydrogen-bond acceptors (Lipinski definition) is 4. The van der Waals surface area contributed by atoms with Crippen LogP contribution >= 0.6 is 11.8 Å². The Morgan fingerprint density at radius 2 is 1.88 bits per heavy atom. The van der Waals surface area contributed by atoms with Crippen LogP contribution in [0.1, 0.15) is 34.5 Å². The molecule has 0 aliphatic rings. The van der Waals surface area contributed by atoms with Crippen molar-refractivity contribution in [2.24, 2.45) is 0 Å².